The fourth-order valence-corrected chi connectivity index (χ4v) is 4.75. The van der Waals surface area contributed by atoms with Crippen LogP contribution < -0.4 is 5.01 Å². The van der Waals surface area contributed by atoms with Gasteiger partial charge in [-0.3, -0.25) is 5.01 Å². The summed E-state index contributed by atoms with van der Waals surface area (Å²) in [7, 11) is 0. The molecule has 2 aliphatic heterocycles. The fourth-order valence-electron chi connectivity index (χ4n) is 2.21. The van der Waals surface area contributed by atoms with Gasteiger partial charge < -0.3 is 0 Å². The first-order valence-corrected chi connectivity index (χ1v) is 8.30. The number of hydrogen-bond acceptors (Lipinski definition) is 5. The van der Waals surface area contributed by atoms with Crippen molar-refractivity contribution in [3.8, 4) is 0 Å². The molecule has 0 fully saturated rings. The summed E-state index contributed by atoms with van der Waals surface area (Å²) < 4.78 is 3.20. The van der Waals surface area contributed by atoms with Gasteiger partial charge in [0.05, 0.1) is 0 Å². The number of fused-ring (bicyclic) bond motifs is 3. The van der Waals surface area contributed by atoms with Gasteiger partial charge in [0, 0.05) is 9.88 Å². The third-order valence-corrected chi connectivity index (χ3v) is 5.80. The molecule has 7 heteroatoms. The molecule has 0 unspecified atom stereocenters. The summed E-state index contributed by atoms with van der Waals surface area (Å²) in [5.41, 5.74) is 1.28. The minimum atomic E-state index is 0.256. The third-order valence-electron chi connectivity index (χ3n) is 3.08. The molecule has 1 aromatic heterocycles. The van der Waals surface area contributed by atoms with Crippen molar-refractivity contribution in [1.82, 2.24) is 14.9 Å². The van der Waals surface area contributed by atoms with E-state index in [0.717, 1.165) is 15.5 Å². The summed E-state index contributed by atoms with van der Waals surface area (Å²) in [5, 5.41) is 15.2. The predicted octanol–water partition coefficient (Wildman–Crippen LogP) is 3.64. The zero-order valence-corrected chi connectivity index (χ0v) is 13.2. The molecule has 0 amide bonds. The molecule has 0 saturated heterocycles. The number of rotatable bonds is 1. The molecule has 1 atom stereocenters. The number of aryl methyl sites for hydroxylation is 1. The molecule has 1 aromatic carbocycles. The van der Waals surface area contributed by atoms with Crippen LogP contribution in [0.3, 0.4) is 0 Å². The highest BCUT2D eigenvalue weighted by Gasteiger charge is 2.38. The van der Waals surface area contributed by atoms with E-state index < -0.39 is 0 Å². The maximum atomic E-state index is 4.20. The van der Waals surface area contributed by atoms with E-state index in [0.29, 0.717) is 0 Å². The molecule has 2 aromatic rings. The maximum Gasteiger partial charge on any atom is 0.216 e. The van der Waals surface area contributed by atoms with Gasteiger partial charge in [-0.2, -0.15) is 0 Å². The molecule has 0 radical (unpaired) electrons. The van der Waals surface area contributed by atoms with Crippen LogP contribution in [-0.2, 0) is 0 Å². The first kappa shape index (κ1) is 11.9. The Labute approximate surface area is 127 Å². The second-order valence-corrected chi connectivity index (χ2v) is 7.14. The van der Waals surface area contributed by atoms with Crippen molar-refractivity contribution in [2.75, 3.05) is 5.01 Å². The summed E-state index contributed by atoms with van der Waals surface area (Å²) in [6.45, 7) is 1.99. The zero-order chi connectivity index (χ0) is 13.0. The smallest absolute Gasteiger partial charge is 0.216 e. The lowest BCUT2D eigenvalue weighted by Gasteiger charge is -2.25. The monoisotopic (exact) mass is 352 g/mol. The molecule has 3 heterocycles. The van der Waals surface area contributed by atoms with Crippen molar-refractivity contribution in [1.29, 1.82) is 0 Å². The number of thioether (sulfide) groups is 2. The van der Waals surface area contributed by atoms with Gasteiger partial charge in [0.15, 0.2) is 5.82 Å². The van der Waals surface area contributed by atoms with Crippen molar-refractivity contribution in [3.63, 3.8) is 0 Å². The molecule has 19 heavy (non-hydrogen) atoms. The van der Waals surface area contributed by atoms with Crippen molar-refractivity contribution < 1.29 is 0 Å². The number of hydrogen-bond donors (Lipinski definition) is 0. The Bertz CT molecular complexity index is 680. The zero-order valence-electron chi connectivity index (χ0n) is 9.95. The Morgan fingerprint density at radius 2 is 2.00 bits per heavy atom. The Morgan fingerprint density at radius 1 is 1.21 bits per heavy atom. The number of benzene rings is 1. The molecule has 4 rings (SSSR count). The van der Waals surface area contributed by atoms with Gasteiger partial charge in [-0.1, -0.05) is 39.8 Å². The van der Waals surface area contributed by atoms with Gasteiger partial charge in [-0.05, 0) is 36.4 Å². The van der Waals surface area contributed by atoms with Crippen LogP contribution in [0.1, 0.15) is 16.8 Å². The molecule has 0 aliphatic carbocycles. The van der Waals surface area contributed by atoms with Gasteiger partial charge in [0.1, 0.15) is 10.4 Å². The molecular formula is C12H9BrN4S2. The normalized spacial score (nSPS) is 20.4. The lowest BCUT2D eigenvalue weighted by Crippen LogP contribution is -2.29. The Kier molecular flexibility index (Phi) is 2.68. The first-order chi connectivity index (χ1) is 9.24. The van der Waals surface area contributed by atoms with Crippen molar-refractivity contribution in [2.45, 2.75) is 17.5 Å². The Hall–Kier alpha value is -0.920. The molecule has 96 valence electrons. The fraction of sp³-hybridized carbons (Fsp3) is 0.167. The third kappa shape index (κ3) is 1.75. The quantitative estimate of drug-likeness (QED) is 0.782. The van der Waals surface area contributed by atoms with E-state index in [1.807, 2.05) is 18.7 Å². The molecule has 0 spiro atoms. The largest absolute Gasteiger partial charge is 0.252 e. The summed E-state index contributed by atoms with van der Waals surface area (Å²) in [5.74, 6) is 0.926. The van der Waals surface area contributed by atoms with Crippen LogP contribution in [-0.4, -0.2) is 14.9 Å². The average Bonchev–Trinajstić information content (AvgIpc) is 3.03. The number of aromatic nitrogens is 3. The van der Waals surface area contributed by atoms with Crippen LogP contribution in [0.25, 0.3) is 0 Å². The minimum absolute atomic E-state index is 0.256. The van der Waals surface area contributed by atoms with Crippen LogP contribution >= 0.6 is 39.5 Å². The van der Waals surface area contributed by atoms with Crippen molar-refractivity contribution in [2.24, 2.45) is 0 Å². The second-order valence-electron chi connectivity index (χ2n) is 4.28. The van der Waals surface area contributed by atoms with Gasteiger partial charge in [-0.15, -0.1) is 10.2 Å². The lowest BCUT2D eigenvalue weighted by molar-refractivity contribution is 0.618. The molecule has 0 saturated carbocycles. The van der Waals surface area contributed by atoms with Crippen LogP contribution in [0, 0.1) is 6.92 Å². The molecule has 2 aliphatic rings. The first-order valence-electron chi connectivity index (χ1n) is 5.74. The Morgan fingerprint density at radius 3 is 2.79 bits per heavy atom. The van der Waals surface area contributed by atoms with Crippen molar-refractivity contribution in [3.05, 3.63) is 50.6 Å². The standard InChI is InChI=1S/C12H9BrN4S2/c1-7-14-15-12-16(7)17-10(19-12)6-18-11(17)8-2-4-9(13)5-3-8/h2-6,11H,1H3/t11-/m1/s1. The predicted molar refractivity (Wildman–Crippen MR) is 81.4 cm³/mol. The summed E-state index contributed by atoms with van der Waals surface area (Å²) >= 11 is 6.97. The highest BCUT2D eigenvalue weighted by molar-refractivity contribution is 9.10. The van der Waals surface area contributed by atoms with Gasteiger partial charge >= 0.3 is 0 Å². The van der Waals surface area contributed by atoms with E-state index in [1.165, 1.54) is 10.6 Å². The summed E-state index contributed by atoms with van der Waals surface area (Å²) in [6, 6.07) is 8.47. The van der Waals surface area contributed by atoms with E-state index in [4.69, 9.17) is 0 Å². The molecule has 4 nitrogen and oxygen atoms in total. The van der Waals surface area contributed by atoms with Crippen LogP contribution in [0.15, 0.2) is 44.3 Å². The summed E-state index contributed by atoms with van der Waals surface area (Å²) in [4.78, 5) is 0. The molecule has 0 bridgehead atoms. The second kappa shape index (κ2) is 4.29. The van der Waals surface area contributed by atoms with Crippen LogP contribution in [0.5, 0.6) is 0 Å². The summed E-state index contributed by atoms with van der Waals surface area (Å²) in [6.07, 6.45) is 0. The number of nitrogens with zero attached hydrogens (tertiary/aromatic N) is 4. The Balaban J connectivity index is 1.77. The SMILES string of the molecule is Cc1nnc2n1N1C(=CS[C@@H]1c1ccc(Br)cc1)S2. The van der Waals surface area contributed by atoms with E-state index in [2.05, 4.69) is 65.5 Å². The maximum absolute atomic E-state index is 4.20. The van der Waals surface area contributed by atoms with E-state index >= 15 is 0 Å². The lowest BCUT2D eigenvalue weighted by atomic mass is 10.2. The minimum Gasteiger partial charge on any atom is -0.252 e. The topological polar surface area (TPSA) is 34.0 Å². The van der Waals surface area contributed by atoms with Gasteiger partial charge in [0.2, 0.25) is 5.16 Å². The van der Waals surface area contributed by atoms with E-state index in [9.17, 15) is 0 Å². The molecule has 0 N–H and O–H groups in total. The van der Waals surface area contributed by atoms with Crippen LogP contribution in [0.4, 0.5) is 0 Å². The van der Waals surface area contributed by atoms with Gasteiger partial charge in [0.25, 0.3) is 0 Å². The highest BCUT2D eigenvalue weighted by Crippen LogP contribution is 2.51. The van der Waals surface area contributed by atoms with Crippen molar-refractivity contribution >= 4 is 39.5 Å². The molecular weight excluding hydrogens is 344 g/mol. The van der Waals surface area contributed by atoms with Crippen LogP contribution in [0.2, 0.25) is 0 Å². The van der Waals surface area contributed by atoms with E-state index in [1.54, 1.807) is 11.8 Å². The highest BCUT2D eigenvalue weighted by atomic mass is 79.9. The average molecular weight is 353 g/mol. The van der Waals surface area contributed by atoms with E-state index in [-0.39, 0.29) is 5.37 Å². The number of halogens is 1. The van der Waals surface area contributed by atoms with Gasteiger partial charge in [-0.25, -0.2) is 4.68 Å².